The fourth-order valence-corrected chi connectivity index (χ4v) is 1.68. The van der Waals surface area contributed by atoms with Crippen LogP contribution in [0.4, 0.5) is 26.5 Å². The van der Waals surface area contributed by atoms with Crippen LogP contribution in [-0.4, -0.2) is 23.7 Å². The van der Waals surface area contributed by atoms with Gasteiger partial charge in [-0.1, -0.05) is 30.3 Å². The molecule has 0 spiro atoms. The van der Waals surface area contributed by atoms with E-state index in [0.29, 0.717) is 0 Å². The molecule has 4 nitrogen and oxygen atoms in total. The van der Waals surface area contributed by atoms with Crippen molar-refractivity contribution in [1.29, 1.82) is 0 Å². The third-order valence-electron chi connectivity index (χ3n) is 2.64. The normalized spacial score (nSPS) is 12.1. The van der Waals surface area contributed by atoms with Gasteiger partial charge in [0, 0.05) is 0 Å². The smallest absolute Gasteiger partial charge is 0.265 e. The van der Waals surface area contributed by atoms with Crippen molar-refractivity contribution in [1.82, 2.24) is 11.1 Å². The molecule has 0 atom stereocenters. The molecule has 1 rings (SSSR count). The van der Waals surface area contributed by atoms with Crippen molar-refractivity contribution in [2.45, 2.75) is 17.8 Å². The van der Waals surface area contributed by atoms with E-state index in [9.17, 15) is 36.1 Å². The number of rotatable bonds is 5. The van der Waals surface area contributed by atoms with Gasteiger partial charge in [-0.3, -0.25) is 9.59 Å². The van der Waals surface area contributed by atoms with Crippen LogP contribution in [0.3, 0.4) is 0 Å². The molecule has 21 heavy (non-hydrogen) atoms. The zero-order valence-corrected chi connectivity index (χ0v) is 10.0. The zero-order chi connectivity index (χ0) is 16.3. The molecule has 0 saturated heterocycles. The second-order valence-corrected chi connectivity index (χ2v) is 3.94. The van der Waals surface area contributed by atoms with Crippen LogP contribution in [0.1, 0.15) is 11.5 Å². The predicted octanol–water partition coefficient (Wildman–Crippen LogP) is 2.04. The highest BCUT2D eigenvalue weighted by atomic mass is 19.3. The minimum atomic E-state index is -5.01. The minimum Gasteiger partial charge on any atom is -0.265 e. The summed E-state index contributed by atoms with van der Waals surface area (Å²) in [6.07, 6.45) is 0. The molecule has 1 aromatic rings. The maximum atomic E-state index is 13.7. The van der Waals surface area contributed by atoms with Gasteiger partial charge in [-0.2, -0.15) is 28.6 Å². The molecule has 0 radical (unpaired) electrons. The van der Waals surface area contributed by atoms with Crippen LogP contribution in [0, 0.1) is 0 Å². The highest BCUT2D eigenvalue weighted by molar-refractivity contribution is 5.89. The summed E-state index contributed by atoms with van der Waals surface area (Å²) in [5.41, 5.74) is -0.774. The van der Waals surface area contributed by atoms with Crippen molar-refractivity contribution in [3.8, 4) is 0 Å². The summed E-state index contributed by atoms with van der Waals surface area (Å²) in [5.74, 6) is -18.8. The van der Waals surface area contributed by atoms with Gasteiger partial charge in [0.15, 0.2) is 0 Å². The average Bonchev–Trinajstić information content (AvgIpc) is 2.45. The Kier molecular flexibility index (Phi) is 4.81. The van der Waals surface area contributed by atoms with Crippen molar-refractivity contribution in [3.05, 3.63) is 35.9 Å². The molecule has 0 aliphatic carbocycles. The van der Waals surface area contributed by atoms with Crippen molar-refractivity contribution >= 4 is 11.8 Å². The van der Waals surface area contributed by atoms with Crippen LogP contribution < -0.4 is 11.1 Å². The lowest BCUT2D eigenvalue weighted by Gasteiger charge is -2.30. The first-order valence-corrected chi connectivity index (χ1v) is 5.32. The van der Waals surface area contributed by atoms with E-state index in [1.54, 1.807) is 0 Å². The number of hydrogen-bond donors (Lipinski definition) is 2. The second-order valence-electron chi connectivity index (χ2n) is 3.94. The van der Waals surface area contributed by atoms with E-state index in [2.05, 4.69) is 0 Å². The SMILES string of the molecule is O=C(NF)C(F)(F)C(c1ccccc1)C(F)(F)C(=O)NF. The lowest BCUT2D eigenvalue weighted by atomic mass is 9.85. The molecule has 116 valence electrons. The molecule has 0 fully saturated rings. The molecular weight excluding hydrogens is 306 g/mol. The summed E-state index contributed by atoms with van der Waals surface area (Å²) in [6, 6.07) is 4.98. The van der Waals surface area contributed by atoms with Gasteiger partial charge in [0.05, 0.1) is 0 Å². The zero-order valence-electron chi connectivity index (χ0n) is 10.0. The lowest BCUT2D eigenvalue weighted by Crippen LogP contribution is -2.53. The number of hydrogen-bond acceptors (Lipinski definition) is 2. The van der Waals surface area contributed by atoms with E-state index in [1.807, 2.05) is 0 Å². The quantitative estimate of drug-likeness (QED) is 0.645. The summed E-state index contributed by atoms with van der Waals surface area (Å²) < 4.78 is 78.8. The van der Waals surface area contributed by atoms with Crippen molar-refractivity contribution < 1.29 is 36.1 Å². The first-order valence-electron chi connectivity index (χ1n) is 5.32. The van der Waals surface area contributed by atoms with Crippen LogP contribution in [0.2, 0.25) is 0 Å². The Balaban J connectivity index is 3.45. The van der Waals surface area contributed by atoms with Crippen LogP contribution in [0.25, 0.3) is 0 Å². The number of alkyl halides is 4. The second kappa shape index (κ2) is 6.02. The fraction of sp³-hybridized carbons (Fsp3) is 0.273. The summed E-state index contributed by atoms with van der Waals surface area (Å²) in [6.45, 7) is 0. The third kappa shape index (κ3) is 3.09. The monoisotopic (exact) mass is 314 g/mol. The highest BCUT2D eigenvalue weighted by Gasteiger charge is 2.63. The molecule has 0 bridgehead atoms. The topological polar surface area (TPSA) is 58.2 Å². The van der Waals surface area contributed by atoms with Crippen molar-refractivity contribution in [2.24, 2.45) is 0 Å². The summed E-state index contributed by atoms with van der Waals surface area (Å²) in [5, 5.41) is 0. The van der Waals surface area contributed by atoms with Gasteiger partial charge in [-0.25, -0.2) is 0 Å². The molecule has 0 aromatic heterocycles. The Morgan fingerprint density at radius 1 is 0.857 bits per heavy atom. The van der Waals surface area contributed by atoms with E-state index < -0.39 is 35.1 Å². The first kappa shape index (κ1) is 16.8. The molecule has 0 saturated carbocycles. The molecule has 10 heteroatoms. The standard InChI is InChI=1S/C11H8F6N2O2/c12-10(13,8(20)18-16)7(6-4-2-1-3-5-6)11(14,15)9(21)19-17/h1-5,7H,(H,18,20)(H,19,21). The van der Waals surface area contributed by atoms with E-state index in [1.165, 1.54) is 6.07 Å². The molecule has 2 N–H and O–H groups in total. The van der Waals surface area contributed by atoms with Gasteiger partial charge in [0.25, 0.3) is 0 Å². The van der Waals surface area contributed by atoms with Crippen LogP contribution in [-0.2, 0) is 9.59 Å². The van der Waals surface area contributed by atoms with E-state index in [4.69, 9.17) is 0 Å². The van der Waals surface area contributed by atoms with Crippen LogP contribution in [0.15, 0.2) is 30.3 Å². The average molecular weight is 314 g/mol. The number of carbonyl (C=O) groups is 2. The number of halogens is 6. The van der Waals surface area contributed by atoms with Crippen LogP contribution in [0.5, 0.6) is 0 Å². The maximum absolute atomic E-state index is 13.7. The highest BCUT2D eigenvalue weighted by Crippen LogP contribution is 2.45. The van der Waals surface area contributed by atoms with E-state index in [0.717, 1.165) is 24.3 Å². The van der Waals surface area contributed by atoms with Gasteiger partial charge >= 0.3 is 23.7 Å². The molecular formula is C11H8F6N2O2. The van der Waals surface area contributed by atoms with Gasteiger partial charge in [0.2, 0.25) is 0 Å². The van der Waals surface area contributed by atoms with E-state index in [-0.39, 0.29) is 11.1 Å². The summed E-state index contributed by atoms with van der Waals surface area (Å²) >= 11 is 0. The van der Waals surface area contributed by atoms with Gasteiger partial charge in [-0.05, 0) is 5.56 Å². The molecule has 0 aliphatic heterocycles. The minimum absolute atomic E-state index is 0.0368. The molecule has 2 amide bonds. The van der Waals surface area contributed by atoms with Crippen molar-refractivity contribution in [3.63, 3.8) is 0 Å². The maximum Gasteiger partial charge on any atom is 0.340 e. The Morgan fingerprint density at radius 2 is 1.24 bits per heavy atom. The predicted molar refractivity (Wildman–Crippen MR) is 57.6 cm³/mol. The largest absolute Gasteiger partial charge is 0.340 e. The first-order chi connectivity index (χ1) is 9.69. The molecule has 1 aromatic carbocycles. The molecule has 0 aliphatic rings. The number of amides is 2. The Hall–Kier alpha value is -2.26. The fourth-order valence-electron chi connectivity index (χ4n) is 1.68. The molecule has 0 unspecified atom stereocenters. The Bertz CT molecular complexity index is 495. The summed E-state index contributed by atoms with van der Waals surface area (Å²) in [4.78, 5) is 21.6. The van der Waals surface area contributed by atoms with Crippen molar-refractivity contribution in [2.75, 3.05) is 0 Å². The third-order valence-corrected chi connectivity index (χ3v) is 2.64. The molecule has 0 heterocycles. The van der Waals surface area contributed by atoms with Gasteiger partial charge in [-0.15, -0.1) is 8.96 Å². The van der Waals surface area contributed by atoms with E-state index >= 15 is 0 Å². The van der Waals surface area contributed by atoms with Gasteiger partial charge < -0.3 is 0 Å². The Morgan fingerprint density at radius 3 is 1.57 bits per heavy atom. The Labute approximate surface area is 114 Å². The number of nitrogens with one attached hydrogen (secondary N) is 2. The lowest BCUT2D eigenvalue weighted by molar-refractivity contribution is -0.182. The number of benzene rings is 1. The van der Waals surface area contributed by atoms with Crippen LogP contribution >= 0.6 is 0 Å². The number of carbonyl (C=O) groups excluding carboxylic acids is 2. The van der Waals surface area contributed by atoms with Gasteiger partial charge in [0.1, 0.15) is 5.92 Å². The summed E-state index contributed by atoms with van der Waals surface area (Å²) in [7, 11) is 0.